The number of carbonyl (C=O) groups is 1. The maximum absolute atomic E-state index is 12.3. The SMILES string of the molecule is NC(=NCC1CC(=O)N(Cc2ccccc2)C1)N1CCN(c2ncccn2)CC1. The maximum Gasteiger partial charge on any atom is 0.225 e. The number of aliphatic imine (C=N–C) groups is 1. The minimum atomic E-state index is 0.198. The fourth-order valence-corrected chi connectivity index (χ4v) is 3.85. The van der Waals surface area contributed by atoms with Crippen LogP contribution in [0.4, 0.5) is 5.95 Å². The van der Waals surface area contributed by atoms with Gasteiger partial charge < -0.3 is 20.4 Å². The normalized spacial score (nSPS) is 20.4. The van der Waals surface area contributed by atoms with Crippen molar-refractivity contribution in [2.75, 3.05) is 44.2 Å². The third kappa shape index (κ3) is 4.82. The molecule has 8 heteroatoms. The van der Waals surface area contributed by atoms with E-state index >= 15 is 0 Å². The van der Waals surface area contributed by atoms with Gasteiger partial charge in [-0.3, -0.25) is 9.79 Å². The quantitative estimate of drug-likeness (QED) is 0.601. The van der Waals surface area contributed by atoms with Crippen molar-refractivity contribution in [3.8, 4) is 0 Å². The van der Waals surface area contributed by atoms with Gasteiger partial charge in [0.25, 0.3) is 0 Å². The van der Waals surface area contributed by atoms with Crippen LogP contribution in [0.25, 0.3) is 0 Å². The number of benzene rings is 1. The predicted molar refractivity (Wildman–Crippen MR) is 112 cm³/mol. The van der Waals surface area contributed by atoms with Gasteiger partial charge in [0.2, 0.25) is 11.9 Å². The topological polar surface area (TPSA) is 91.0 Å². The lowest BCUT2D eigenvalue weighted by molar-refractivity contribution is -0.128. The zero-order valence-corrected chi connectivity index (χ0v) is 16.5. The van der Waals surface area contributed by atoms with Crippen LogP contribution in [0.2, 0.25) is 0 Å². The highest BCUT2D eigenvalue weighted by Crippen LogP contribution is 2.20. The summed E-state index contributed by atoms with van der Waals surface area (Å²) in [5.74, 6) is 1.74. The number of nitrogens with zero attached hydrogens (tertiary/aromatic N) is 6. The van der Waals surface area contributed by atoms with E-state index in [2.05, 4.69) is 36.9 Å². The highest BCUT2D eigenvalue weighted by atomic mass is 16.2. The minimum Gasteiger partial charge on any atom is -0.370 e. The molecule has 1 atom stereocenters. The highest BCUT2D eigenvalue weighted by molar-refractivity contribution is 5.80. The number of amides is 1. The molecule has 8 nitrogen and oxygen atoms in total. The number of likely N-dealkylation sites (tertiary alicyclic amines) is 1. The molecule has 29 heavy (non-hydrogen) atoms. The lowest BCUT2D eigenvalue weighted by atomic mass is 10.1. The van der Waals surface area contributed by atoms with E-state index in [1.54, 1.807) is 12.4 Å². The van der Waals surface area contributed by atoms with E-state index in [9.17, 15) is 4.79 Å². The molecule has 1 unspecified atom stereocenters. The van der Waals surface area contributed by atoms with Crippen LogP contribution in [0.1, 0.15) is 12.0 Å². The minimum absolute atomic E-state index is 0.198. The number of piperazine rings is 1. The van der Waals surface area contributed by atoms with Crippen LogP contribution in [-0.2, 0) is 11.3 Å². The number of nitrogens with two attached hydrogens (primary N) is 1. The Labute approximate surface area is 171 Å². The van der Waals surface area contributed by atoms with Crippen LogP contribution >= 0.6 is 0 Å². The molecule has 2 saturated heterocycles. The molecular weight excluding hydrogens is 366 g/mol. The van der Waals surface area contributed by atoms with Gasteiger partial charge in [-0.1, -0.05) is 30.3 Å². The largest absolute Gasteiger partial charge is 0.370 e. The monoisotopic (exact) mass is 393 g/mol. The van der Waals surface area contributed by atoms with Gasteiger partial charge in [-0.25, -0.2) is 9.97 Å². The molecule has 1 amide bonds. The Morgan fingerprint density at radius 1 is 1.07 bits per heavy atom. The van der Waals surface area contributed by atoms with Crippen molar-refractivity contribution in [3.05, 3.63) is 54.4 Å². The number of anilines is 1. The van der Waals surface area contributed by atoms with Crippen LogP contribution in [-0.4, -0.2) is 70.9 Å². The Morgan fingerprint density at radius 2 is 1.79 bits per heavy atom. The van der Waals surface area contributed by atoms with Crippen molar-refractivity contribution in [1.82, 2.24) is 19.8 Å². The maximum atomic E-state index is 12.3. The van der Waals surface area contributed by atoms with E-state index in [1.165, 1.54) is 0 Å². The number of aromatic nitrogens is 2. The number of hydrogen-bond donors (Lipinski definition) is 1. The highest BCUT2D eigenvalue weighted by Gasteiger charge is 2.29. The second kappa shape index (κ2) is 8.89. The summed E-state index contributed by atoms with van der Waals surface area (Å²) in [5.41, 5.74) is 7.39. The summed E-state index contributed by atoms with van der Waals surface area (Å²) < 4.78 is 0. The number of guanidine groups is 1. The molecule has 152 valence electrons. The number of hydrogen-bond acceptors (Lipinski definition) is 5. The first-order valence-electron chi connectivity index (χ1n) is 10.1. The van der Waals surface area contributed by atoms with Crippen molar-refractivity contribution >= 4 is 17.8 Å². The van der Waals surface area contributed by atoms with Crippen molar-refractivity contribution < 1.29 is 4.79 Å². The second-order valence-electron chi connectivity index (χ2n) is 7.55. The molecule has 4 rings (SSSR count). The summed E-state index contributed by atoms with van der Waals surface area (Å²) in [7, 11) is 0. The molecule has 1 aromatic carbocycles. The molecule has 2 N–H and O–H groups in total. The molecule has 3 heterocycles. The zero-order valence-electron chi connectivity index (χ0n) is 16.5. The summed E-state index contributed by atoms with van der Waals surface area (Å²) in [4.78, 5) is 31.7. The van der Waals surface area contributed by atoms with Crippen molar-refractivity contribution in [1.29, 1.82) is 0 Å². The fourth-order valence-electron chi connectivity index (χ4n) is 3.85. The van der Waals surface area contributed by atoms with Crippen LogP contribution < -0.4 is 10.6 Å². The smallest absolute Gasteiger partial charge is 0.225 e. The third-order valence-electron chi connectivity index (χ3n) is 5.46. The molecule has 2 aliphatic rings. The average molecular weight is 393 g/mol. The Hall–Kier alpha value is -3.16. The van der Waals surface area contributed by atoms with Crippen molar-refractivity contribution in [2.24, 2.45) is 16.6 Å². The number of carbonyl (C=O) groups excluding carboxylic acids is 1. The lowest BCUT2D eigenvalue weighted by Crippen LogP contribution is -2.51. The number of rotatable bonds is 5. The summed E-state index contributed by atoms with van der Waals surface area (Å²) in [6.07, 6.45) is 4.06. The summed E-state index contributed by atoms with van der Waals surface area (Å²) in [5, 5.41) is 0. The van der Waals surface area contributed by atoms with E-state index in [1.807, 2.05) is 29.2 Å². The summed E-state index contributed by atoms with van der Waals surface area (Å²) in [6, 6.07) is 11.9. The second-order valence-corrected chi connectivity index (χ2v) is 7.55. The Bertz CT molecular complexity index is 835. The van der Waals surface area contributed by atoms with Gasteiger partial charge in [0.15, 0.2) is 5.96 Å². The Balaban J connectivity index is 1.26. The third-order valence-corrected chi connectivity index (χ3v) is 5.46. The average Bonchev–Trinajstić information content (AvgIpc) is 3.12. The predicted octanol–water partition coefficient (Wildman–Crippen LogP) is 0.962. The van der Waals surface area contributed by atoms with Gasteiger partial charge in [0, 0.05) is 70.5 Å². The zero-order chi connectivity index (χ0) is 20.1. The Morgan fingerprint density at radius 3 is 2.52 bits per heavy atom. The molecule has 0 aliphatic carbocycles. The first-order valence-corrected chi connectivity index (χ1v) is 10.1. The summed E-state index contributed by atoms with van der Waals surface area (Å²) >= 11 is 0. The van der Waals surface area contributed by atoms with Gasteiger partial charge in [-0.2, -0.15) is 0 Å². The van der Waals surface area contributed by atoms with E-state index < -0.39 is 0 Å². The van der Waals surface area contributed by atoms with E-state index in [-0.39, 0.29) is 11.8 Å². The van der Waals surface area contributed by atoms with Gasteiger partial charge in [0.1, 0.15) is 0 Å². The Kier molecular flexibility index (Phi) is 5.88. The molecule has 1 aromatic heterocycles. The molecule has 0 bridgehead atoms. The fraction of sp³-hybridized carbons (Fsp3) is 0.429. The first kappa shape index (κ1) is 19.2. The lowest BCUT2D eigenvalue weighted by Gasteiger charge is -2.35. The van der Waals surface area contributed by atoms with Gasteiger partial charge in [0.05, 0.1) is 0 Å². The van der Waals surface area contributed by atoms with Gasteiger partial charge >= 0.3 is 0 Å². The summed E-state index contributed by atoms with van der Waals surface area (Å²) in [6.45, 7) is 5.20. The van der Waals surface area contributed by atoms with E-state index in [0.29, 0.717) is 25.5 Å². The molecule has 0 saturated carbocycles. The van der Waals surface area contributed by atoms with Gasteiger partial charge in [-0.15, -0.1) is 0 Å². The van der Waals surface area contributed by atoms with Crippen LogP contribution in [0.5, 0.6) is 0 Å². The molecule has 2 aliphatic heterocycles. The first-order chi connectivity index (χ1) is 14.2. The standard InChI is InChI=1S/C21H27N7O/c22-20(26-9-11-27(12-10-26)21-23-7-4-8-24-21)25-14-18-13-19(29)28(16-18)15-17-5-2-1-3-6-17/h1-8,18H,9-16H2,(H2,22,25). The molecule has 0 spiro atoms. The van der Waals surface area contributed by atoms with Crippen LogP contribution in [0.15, 0.2) is 53.8 Å². The van der Waals surface area contributed by atoms with E-state index in [0.717, 1.165) is 44.2 Å². The van der Waals surface area contributed by atoms with Crippen LogP contribution in [0.3, 0.4) is 0 Å². The van der Waals surface area contributed by atoms with Crippen LogP contribution in [0, 0.1) is 5.92 Å². The van der Waals surface area contributed by atoms with E-state index in [4.69, 9.17) is 5.73 Å². The van der Waals surface area contributed by atoms with Crippen molar-refractivity contribution in [3.63, 3.8) is 0 Å². The molecule has 0 radical (unpaired) electrons. The van der Waals surface area contributed by atoms with Gasteiger partial charge in [-0.05, 0) is 11.6 Å². The molecule has 2 fully saturated rings. The molecule has 2 aromatic rings. The molecular formula is C21H27N7O. The van der Waals surface area contributed by atoms with Crippen molar-refractivity contribution in [2.45, 2.75) is 13.0 Å².